The Morgan fingerprint density at radius 3 is 2.11 bits per heavy atom. The molecule has 0 amide bonds. The Hall–Kier alpha value is 0.673. The summed E-state index contributed by atoms with van der Waals surface area (Å²) in [6, 6.07) is 0.466. The first-order chi connectivity index (χ1) is 8.43. The molecular formula is C13H23Cl2NOZr. The van der Waals surface area contributed by atoms with E-state index in [9.17, 15) is 5.11 Å². The molecule has 1 saturated carbocycles. The second-order valence-corrected chi connectivity index (χ2v) is 8.56. The first kappa shape index (κ1) is 18.7. The van der Waals surface area contributed by atoms with Crippen LogP contribution in [0.1, 0.15) is 53.4 Å². The van der Waals surface area contributed by atoms with Crippen LogP contribution >= 0.6 is 17.0 Å². The van der Waals surface area contributed by atoms with Gasteiger partial charge in [-0.2, -0.15) is 0 Å². The molecule has 0 spiro atoms. The predicted molar refractivity (Wildman–Crippen MR) is 77.2 cm³/mol. The van der Waals surface area contributed by atoms with Crippen molar-refractivity contribution in [2.24, 2.45) is 10.9 Å². The van der Waals surface area contributed by atoms with E-state index in [2.05, 4.69) is 6.92 Å². The molecule has 0 aromatic rings. The molecule has 0 aliphatic heterocycles. The monoisotopic (exact) mass is 369 g/mol. The van der Waals surface area contributed by atoms with Crippen molar-refractivity contribution in [2.75, 3.05) is 0 Å². The van der Waals surface area contributed by atoms with Crippen LogP contribution in [-0.2, 0) is 20.8 Å². The van der Waals surface area contributed by atoms with Crippen molar-refractivity contribution in [3.8, 4) is 0 Å². The number of allylic oxidation sites excluding steroid dienone is 2. The Bertz CT molecular complexity index is 301. The summed E-state index contributed by atoms with van der Waals surface area (Å²) in [6.45, 7) is 7.93. The second-order valence-electron chi connectivity index (χ2n) is 4.83. The van der Waals surface area contributed by atoms with Crippen molar-refractivity contribution in [3.05, 3.63) is 11.3 Å². The molecule has 0 aromatic carbocycles. The maximum atomic E-state index is 9.39. The minimum atomic E-state index is -0.826. The van der Waals surface area contributed by atoms with E-state index in [1.165, 1.54) is 25.7 Å². The Morgan fingerprint density at radius 1 is 1.17 bits per heavy atom. The average molecular weight is 371 g/mol. The summed E-state index contributed by atoms with van der Waals surface area (Å²) >= 11 is -0.826. The van der Waals surface area contributed by atoms with Gasteiger partial charge in [0, 0.05) is 11.3 Å². The molecular weight excluding hydrogens is 348 g/mol. The summed E-state index contributed by atoms with van der Waals surface area (Å²) < 4.78 is 0. The van der Waals surface area contributed by atoms with Crippen LogP contribution in [-0.4, -0.2) is 16.9 Å². The van der Waals surface area contributed by atoms with Gasteiger partial charge < -0.3 is 5.11 Å². The van der Waals surface area contributed by atoms with Gasteiger partial charge in [0.05, 0.1) is 11.8 Å². The molecule has 0 aromatic heterocycles. The van der Waals surface area contributed by atoms with Crippen LogP contribution in [0.25, 0.3) is 0 Å². The van der Waals surface area contributed by atoms with Crippen molar-refractivity contribution >= 4 is 22.7 Å². The molecule has 2 atom stereocenters. The molecule has 0 heterocycles. The van der Waals surface area contributed by atoms with Crippen molar-refractivity contribution in [3.63, 3.8) is 0 Å². The summed E-state index contributed by atoms with van der Waals surface area (Å²) in [4.78, 5) is 4.74. The van der Waals surface area contributed by atoms with Crippen molar-refractivity contribution in [1.82, 2.24) is 0 Å². The van der Waals surface area contributed by atoms with Gasteiger partial charge in [-0.25, -0.2) is 0 Å². The molecule has 2 nitrogen and oxygen atoms in total. The Kier molecular flexibility index (Phi) is 10.9. The Morgan fingerprint density at radius 2 is 1.67 bits per heavy atom. The Labute approximate surface area is 130 Å². The van der Waals surface area contributed by atoms with Crippen LogP contribution in [0, 0.1) is 5.92 Å². The van der Waals surface area contributed by atoms with E-state index >= 15 is 0 Å². The van der Waals surface area contributed by atoms with Gasteiger partial charge in [0.15, 0.2) is 0 Å². The summed E-state index contributed by atoms with van der Waals surface area (Å²) in [7, 11) is 9.87. The van der Waals surface area contributed by atoms with Crippen LogP contribution in [0.3, 0.4) is 0 Å². The number of nitrogens with zero attached hydrogens (tertiary/aromatic N) is 1. The number of halogens is 2. The van der Waals surface area contributed by atoms with E-state index < -0.39 is 20.8 Å². The molecule has 18 heavy (non-hydrogen) atoms. The molecule has 1 aliphatic carbocycles. The summed E-state index contributed by atoms with van der Waals surface area (Å²) in [6.07, 6.45) is 5.14. The summed E-state index contributed by atoms with van der Waals surface area (Å²) in [5.74, 6) is 1.08. The van der Waals surface area contributed by atoms with Gasteiger partial charge in [0.2, 0.25) is 0 Å². The molecule has 104 valence electrons. The average Bonchev–Trinajstić information content (AvgIpc) is 2.32. The third kappa shape index (κ3) is 7.31. The normalized spacial score (nSPS) is 25.8. The van der Waals surface area contributed by atoms with E-state index in [1.54, 1.807) is 6.92 Å². The first-order valence-corrected chi connectivity index (χ1v) is 12.6. The number of aliphatic hydroxyl groups excluding tert-OH is 1. The van der Waals surface area contributed by atoms with Gasteiger partial charge in [-0.3, -0.25) is 4.99 Å². The van der Waals surface area contributed by atoms with Crippen LogP contribution in [0.15, 0.2) is 16.3 Å². The molecule has 0 radical (unpaired) electrons. The number of hydrogen-bond acceptors (Lipinski definition) is 2. The fourth-order valence-electron chi connectivity index (χ4n) is 2.10. The van der Waals surface area contributed by atoms with Gasteiger partial charge >= 0.3 is 37.9 Å². The SMILES string of the molecule is CC(=NC1CCCCC1C)/C(C)=C(/C)O.[Cl][Zr][Cl]. The van der Waals surface area contributed by atoms with Gasteiger partial charge in [-0.05, 0) is 39.5 Å². The van der Waals surface area contributed by atoms with E-state index in [1.807, 2.05) is 13.8 Å². The molecule has 0 saturated heterocycles. The number of aliphatic imine (C=N–C) groups is 1. The van der Waals surface area contributed by atoms with E-state index in [4.69, 9.17) is 22.0 Å². The summed E-state index contributed by atoms with van der Waals surface area (Å²) in [5.41, 5.74) is 1.92. The molecule has 2 unspecified atom stereocenters. The Balaban J connectivity index is 0.000000873. The minimum absolute atomic E-state index is 0.389. The zero-order chi connectivity index (χ0) is 14.1. The van der Waals surface area contributed by atoms with Gasteiger partial charge in [0.25, 0.3) is 0 Å². The molecule has 1 aliphatic rings. The van der Waals surface area contributed by atoms with Crippen LogP contribution in [0.2, 0.25) is 0 Å². The van der Waals surface area contributed by atoms with Crippen molar-refractivity contribution in [2.45, 2.75) is 59.4 Å². The van der Waals surface area contributed by atoms with Gasteiger partial charge in [-0.1, -0.05) is 19.8 Å². The number of hydrogen-bond donors (Lipinski definition) is 1. The van der Waals surface area contributed by atoms with Gasteiger partial charge in [-0.15, -0.1) is 0 Å². The molecule has 1 N–H and O–H groups in total. The van der Waals surface area contributed by atoms with Crippen molar-refractivity contribution < 1.29 is 26.0 Å². The second kappa shape index (κ2) is 10.5. The first-order valence-electron chi connectivity index (χ1n) is 6.31. The summed E-state index contributed by atoms with van der Waals surface area (Å²) in [5, 5.41) is 9.39. The zero-order valence-corrected chi connectivity index (χ0v) is 15.6. The van der Waals surface area contributed by atoms with E-state index in [-0.39, 0.29) is 0 Å². The van der Waals surface area contributed by atoms with E-state index in [0.717, 1.165) is 11.3 Å². The molecule has 5 heteroatoms. The third-order valence-corrected chi connectivity index (χ3v) is 3.51. The van der Waals surface area contributed by atoms with Gasteiger partial charge in [0.1, 0.15) is 0 Å². The van der Waals surface area contributed by atoms with E-state index in [0.29, 0.717) is 17.7 Å². The maximum absolute atomic E-state index is 9.39. The quantitative estimate of drug-likeness (QED) is 0.522. The topological polar surface area (TPSA) is 32.6 Å². The third-order valence-electron chi connectivity index (χ3n) is 3.51. The molecule has 0 bridgehead atoms. The number of rotatable bonds is 2. The molecule has 1 fully saturated rings. The zero-order valence-electron chi connectivity index (χ0n) is 11.6. The standard InChI is InChI=1S/C13H23NO.2ClH.Zr/c1-9-7-5-6-8-13(9)14-11(3)10(2)12(4)15;;;/h9,13,15H,5-8H2,1-4H3;2*1H;/q;;;+2/p-2/b12-10-,14-11?;;;. The number of aliphatic hydroxyl groups is 1. The van der Waals surface area contributed by atoms with Crippen LogP contribution < -0.4 is 0 Å². The molecule has 1 rings (SSSR count). The van der Waals surface area contributed by atoms with Crippen LogP contribution in [0.5, 0.6) is 0 Å². The predicted octanol–water partition coefficient (Wildman–Crippen LogP) is 5.25. The van der Waals surface area contributed by atoms with Crippen molar-refractivity contribution in [1.29, 1.82) is 0 Å². The fraction of sp³-hybridized carbons (Fsp3) is 0.769. The van der Waals surface area contributed by atoms with Crippen LogP contribution in [0.4, 0.5) is 0 Å². The fourth-order valence-corrected chi connectivity index (χ4v) is 2.10.